The van der Waals surface area contributed by atoms with Crippen molar-refractivity contribution in [2.24, 2.45) is 0 Å². The predicted molar refractivity (Wildman–Crippen MR) is 111 cm³/mol. The van der Waals surface area contributed by atoms with Gasteiger partial charge in [-0.25, -0.2) is 4.98 Å². The van der Waals surface area contributed by atoms with E-state index >= 15 is 0 Å². The van der Waals surface area contributed by atoms with E-state index in [4.69, 9.17) is 69.6 Å². The first kappa shape index (κ1) is 20.0. The standard InChI is InChI=1S/C18H9Cl6NO/c19-8-3-12(21)16(13(22)4-8)11-2-1-10(7-26)25-18(11)17-14(23)5-9(20)6-15(17)24/h1-6,26H,7H2. The normalized spacial score (nSPS) is 11.0. The average molecular weight is 468 g/mol. The van der Waals surface area contributed by atoms with Crippen LogP contribution in [0.4, 0.5) is 0 Å². The van der Waals surface area contributed by atoms with Gasteiger partial charge in [0.25, 0.3) is 0 Å². The molecular formula is C18H9Cl6NO. The number of benzene rings is 2. The minimum atomic E-state index is -0.252. The van der Waals surface area contributed by atoms with Gasteiger partial charge in [0.15, 0.2) is 0 Å². The van der Waals surface area contributed by atoms with E-state index in [1.54, 1.807) is 36.4 Å². The molecule has 0 unspecified atom stereocenters. The molecule has 0 fully saturated rings. The third-order valence-corrected chi connectivity index (χ3v) is 5.26. The summed E-state index contributed by atoms with van der Waals surface area (Å²) in [4.78, 5) is 4.48. The number of pyridine rings is 1. The Morgan fingerprint density at radius 3 is 1.62 bits per heavy atom. The minimum Gasteiger partial charge on any atom is -0.390 e. The molecule has 0 radical (unpaired) electrons. The van der Waals surface area contributed by atoms with E-state index in [0.717, 1.165) is 0 Å². The summed E-state index contributed by atoms with van der Waals surface area (Å²) in [6.45, 7) is -0.252. The quantitative estimate of drug-likeness (QED) is 0.425. The van der Waals surface area contributed by atoms with Gasteiger partial charge in [0.2, 0.25) is 0 Å². The Morgan fingerprint density at radius 2 is 1.15 bits per heavy atom. The number of rotatable bonds is 3. The van der Waals surface area contributed by atoms with Crippen LogP contribution >= 0.6 is 69.6 Å². The molecule has 0 bridgehead atoms. The van der Waals surface area contributed by atoms with E-state index < -0.39 is 0 Å². The Morgan fingerprint density at radius 1 is 0.692 bits per heavy atom. The van der Waals surface area contributed by atoms with E-state index in [1.165, 1.54) is 0 Å². The molecule has 1 heterocycles. The van der Waals surface area contributed by atoms with Crippen LogP contribution in [0.15, 0.2) is 36.4 Å². The Labute approximate surface area is 180 Å². The highest BCUT2D eigenvalue weighted by Crippen LogP contribution is 2.45. The number of halogens is 6. The van der Waals surface area contributed by atoms with Crippen LogP contribution in [0.5, 0.6) is 0 Å². The third kappa shape index (κ3) is 3.93. The molecule has 1 N–H and O–H groups in total. The zero-order valence-electron chi connectivity index (χ0n) is 12.8. The van der Waals surface area contributed by atoms with Gasteiger partial charge in [-0.05, 0) is 30.3 Å². The van der Waals surface area contributed by atoms with Crippen molar-refractivity contribution in [1.82, 2.24) is 4.98 Å². The molecule has 1 aromatic heterocycles. The second-order valence-corrected chi connectivity index (χ2v) is 7.85. The molecule has 26 heavy (non-hydrogen) atoms. The van der Waals surface area contributed by atoms with E-state index in [2.05, 4.69) is 4.98 Å². The Balaban J connectivity index is 2.37. The van der Waals surface area contributed by atoms with Crippen molar-refractivity contribution in [2.45, 2.75) is 6.61 Å². The first-order valence-electron chi connectivity index (χ1n) is 7.22. The highest BCUT2D eigenvalue weighted by atomic mass is 35.5. The number of nitrogens with zero attached hydrogens (tertiary/aromatic N) is 1. The molecule has 134 valence electrons. The van der Waals surface area contributed by atoms with Crippen molar-refractivity contribution in [1.29, 1.82) is 0 Å². The summed E-state index contributed by atoms with van der Waals surface area (Å²) in [5.41, 5.74) is 2.46. The monoisotopic (exact) mass is 465 g/mol. The smallest absolute Gasteiger partial charge is 0.0853 e. The lowest BCUT2D eigenvalue weighted by molar-refractivity contribution is 0.277. The van der Waals surface area contributed by atoms with Crippen LogP contribution in [0.2, 0.25) is 30.1 Å². The lowest BCUT2D eigenvalue weighted by atomic mass is 9.98. The molecule has 8 heteroatoms. The van der Waals surface area contributed by atoms with Crippen LogP contribution in [0.3, 0.4) is 0 Å². The Hall–Kier alpha value is -0.710. The van der Waals surface area contributed by atoms with Crippen molar-refractivity contribution >= 4 is 69.6 Å². The molecule has 0 spiro atoms. The van der Waals surface area contributed by atoms with E-state index in [1.807, 2.05) is 0 Å². The molecule has 3 rings (SSSR count). The number of hydrogen-bond donors (Lipinski definition) is 1. The van der Waals surface area contributed by atoms with Gasteiger partial charge in [-0.3, -0.25) is 0 Å². The average Bonchev–Trinajstić information content (AvgIpc) is 2.54. The van der Waals surface area contributed by atoms with Crippen molar-refractivity contribution < 1.29 is 5.11 Å². The van der Waals surface area contributed by atoms with Crippen LogP contribution in [-0.4, -0.2) is 10.1 Å². The van der Waals surface area contributed by atoms with E-state index in [9.17, 15) is 5.11 Å². The SMILES string of the molecule is OCc1ccc(-c2c(Cl)cc(Cl)cc2Cl)c(-c2c(Cl)cc(Cl)cc2Cl)n1. The van der Waals surface area contributed by atoms with Crippen molar-refractivity contribution in [2.75, 3.05) is 0 Å². The maximum absolute atomic E-state index is 9.48. The topological polar surface area (TPSA) is 33.1 Å². The minimum absolute atomic E-state index is 0.252. The summed E-state index contributed by atoms with van der Waals surface area (Å²) in [5.74, 6) is 0. The molecule has 3 aromatic rings. The maximum atomic E-state index is 9.48. The fraction of sp³-hybridized carbons (Fsp3) is 0.0556. The number of aliphatic hydroxyl groups is 1. The molecular weight excluding hydrogens is 459 g/mol. The van der Waals surface area contributed by atoms with Gasteiger partial charge >= 0.3 is 0 Å². The Bertz CT molecular complexity index is 959. The van der Waals surface area contributed by atoms with Crippen molar-refractivity contribution in [3.8, 4) is 22.4 Å². The first-order chi connectivity index (χ1) is 12.3. The summed E-state index contributed by atoms with van der Waals surface area (Å²) < 4.78 is 0. The van der Waals surface area contributed by atoms with Gasteiger partial charge < -0.3 is 5.11 Å². The summed E-state index contributed by atoms with van der Waals surface area (Å²) in [6, 6.07) is 9.70. The molecule has 2 nitrogen and oxygen atoms in total. The predicted octanol–water partition coefficient (Wildman–Crippen LogP) is 7.83. The number of aromatic nitrogens is 1. The van der Waals surface area contributed by atoms with Gasteiger partial charge in [0, 0.05) is 26.7 Å². The molecule has 0 amide bonds. The lowest BCUT2D eigenvalue weighted by Gasteiger charge is -2.16. The van der Waals surface area contributed by atoms with E-state index in [-0.39, 0.29) is 6.61 Å². The highest BCUT2D eigenvalue weighted by molar-refractivity contribution is 6.43. The molecule has 0 saturated carbocycles. The van der Waals surface area contributed by atoms with Crippen molar-refractivity contribution in [3.63, 3.8) is 0 Å². The third-order valence-electron chi connectivity index (χ3n) is 3.63. The van der Waals surface area contributed by atoms with Crippen LogP contribution in [0, 0.1) is 0 Å². The summed E-state index contributed by atoms with van der Waals surface area (Å²) >= 11 is 37.5. The molecule has 0 saturated heterocycles. The summed E-state index contributed by atoms with van der Waals surface area (Å²) in [5, 5.41) is 11.6. The van der Waals surface area contributed by atoms with E-state index in [0.29, 0.717) is 58.2 Å². The van der Waals surface area contributed by atoms with Gasteiger partial charge in [-0.2, -0.15) is 0 Å². The van der Waals surface area contributed by atoms with Crippen LogP contribution < -0.4 is 0 Å². The maximum Gasteiger partial charge on any atom is 0.0853 e. The van der Waals surface area contributed by atoms with Crippen LogP contribution in [0.1, 0.15) is 5.69 Å². The zero-order valence-corrected chi connectivity index (χ0v) is 17.4. The van der Waals surface area contributed by atoms with Crippen LogP contribution in [0.25, 0.3) is 22.4 Å². The fourth-order valence-corrected chi connectivity index (χ4v) is 4.56. The van der Waals surface area contributed by atoms with Gasteiger partial charge in [-0.15, -0.1) is 0 Å². The molecule has 0 aliphatic carbocycles. The van der Waals surface area contributed by atoms with Gasteiger partial charge in [0.1, 0.15) is 0 Å². The number of aliphatic hydroxyl groups excluding tert-OH is 1. The summed E-state index contributed by atoms with van der Waals surface area (Å²) in [6.07, 6.45) is 0. The molecule has 0 aliphatic rings. The van der Waals surface area contributed by atoms with Crippen LogP contribution in [-0.2, 0) is 6.61 Å². The first-order valence-corrected chi connectivity index (χ1v) is 9.49. The van der Waals surface area contributed by atoms with Gasteiger partial charge in [-0.1, -0.05) is 75.7 Å². The Kier molecular flexibility index (Phi) is 6.25. The molecule has 0 atom stereocenters. The largest absolute Gasteiger partial charge is 0.390 e. The summed E-state index contributed by atoms with van der Waals surface area (Å²) in [7, 11) is 0. The lowest BCUT2D eigenvalue weighted by Crippen LogP contribution is -1.97. The zero-order chi connectivity index (χ0) is 19.0. The fourth-order valence-electron chi connectivity index (χ4n) is 2.55. The molecule has 0 aliphatic heterocycles. The molecule has 2 aromatic carbocycles. The van der Waals surface area contributed by atoms with Gasteiger partial charge in [0.05, 0.1) is 38.1 Å². The van der Waals surface area contributed by atoms with Crippen molar-refractivity contribution in [3.05, 3.63) is 72.2 Å². The number of hydrogen-bond acceptors (Lipinski definition) is 2. The second-order valence-electron chi connectivity index (χ2n) is 5.35. The highest BCUT2D eigenvalue weighted by Gasteiger charge is 2.21. The second kappa shape index (κ2) is 8.12.